The van der Waals surface area contributed by atoms with Crippen LogP contribution in [0.5, 0.6) is 0 Å². The van der Waals surface area contributed by atoms with Crippen molar-refractivity contribution in [2.45, 2.75) is 38.5 Å². The van der Waals surface area contributed by atoms with Crippen LogP contribution >= 0.6 is 0 Å². The average molecular weight is 717 g/mol. The van der Waals surface area contributed by atoms with Crippen molar-refractivity contribution in [1.82, 2.24) is 27.6 Å². The Bertz CT molecular complexity index is 3730. The fourth-order valence-electron chi connectivity index (χ4n) is 11.7. The van der Waals surface area contributed by atoms with E-state index >= 15 is 0 Å². The molecular weight excluding hydrogens is 685 g/mol. The molecule has 0 atom stereocenters. The van der Waals surface area contributed by atoms with E-state index in [1.165, 1.54) is 99.2 Å². The predicted molar refractivity (Wildman–Crippen MR) is 228 cm³/mol. The van der Waals surface area contributed by atoms with Gasteiger partial charge in [0.05, 0.1) is 55.2 Å². The maximum Gasteiger partial charge on any atom is 0.220 e. The molecule has 6 nitrogen and oxygen atoms in total. The molecule has 0 saturated carbocycles. The second-order valence-corrected chi connectivity index (χ2v) is 17.5. The number of fused-ring (bicyclic) bond motifs is 24. The van der Waals surface area contributed by atoms with E-state index in [0.29, 0.717) is 0 Å². The molecule has 13 aromatic rings. The lowest BCUT2D eigenvalue weighted by Crippen LogP contribution is -2.14. The van der Waals surface area contributed by atoms with Gasteiger partial charge in [0.2, 0.25) is 11.6 Å². The first-order chi connectivity index (χ1) is 27.3. The van der Waals surface area contributed by atoms with Gasteiger partial charge in [-0.05, 0) is 93.0 Å². The molecule has 0 N–H and O–H groups in total. The number of para-hydroxylation sites is 4. The number of aromatic nitrogens is 6. The maximum atomic E-state index is 5.46. The number of rotatable bonds is 0. The predicted octanol–water partition coefficient (Wildman–Crippen LogP) is 11.9. The zero-order valence-electron chi connectivity index (χ0n) is 31.2. The summed E-state index contributed by atoms with van der Waals surface area (Å²) in [6.07, 6.45) is 0. The second-order valence-electron chi connectivity index (χ2n) is 17.5. The molecule has 6 heterocycles. The first kappa shape index (κ1) is 28.5. The number of nitrogens with zero attached hydrogens (tertiary/aromatic N) is 6. The fraction of sp³-hybridized carbons (Fsp3) is 0.120. The molecule has 262 valence electrons. The van der Waals surface area contributed by atoms with Crippen molar-refractivity contribution < 1.29 is 0 Å². The van der Waals surface area contributed by atoms with Gasteiger partial charge in [-0.1, -0.05) is 100 Å². The third-order valence-electron chi connectivity index (χ3n) is 14.2. The zero-order chi connectivity index (χ0) is 36.7. The van der Waals surface area contributed by atoms with Crippen LogP contribution in [0.3, 0.4) is 0 Å². The lowest BCUT2D eigenvalue weighted by Gasteiger charge is -2.21. The lowest BCUT2D eigenvalue weighted by molar-refractivity contribution is 0.661. The van der Waals surface area contributed by atoms with Crippen LogP contribution in [0.2, 0.25) is 0 Å². The molecule has 6 heteroatoms. The van der Waals surface area contributed by atoms with Crippen LogP contribution in [-0.2, 0) is 10.8 Å². The largest absolute Gasteiger partial charge is 0.277 e. The summed E-state index contributed by atoms with van der Waals surface area (Å²) in [5.41, 5.74) is 22.1. The Morgan fingerprint density at radius 1 is 0.375 bits per heavy atom. The van der Waals surface area contributed by atoms with E-state index in [-0.39, 0.29) is 10.8 Å². The van der Waals surface area contributed by atoms with Gasteiger partial charge in [0.25, 0.3) is 0 Å². The minimum atomic E-state index is -0.134. The molecule has 15 rings (SSSR count). The Hall–Kier alpha value is -6.92. The third kappa shape index (κ3) is 2.80. The first-order valence-corrected chi connectivity index (χ1v) is 19.7. The molecular formula is C50H32N6. The first-order valence-electron chi connectivity index (χ1n) is 19.7. The van der Waals surface area contributed by atoms with Crippen molar-refractivity contribution in [2.24, 2.45) is 0 Å². The summed E-state index contributed by atoms with van der Waals surface area (Å²) < 4.78 is 9.89. The van der Waals surface area contributed by atoms with Crippen LogP contribution in [0.4, 0.5) is 0 Å². The van der Waals surface area contributed by atoms with E-state index in [1.807, 2.05) is 0 Å². The Kier molecular flexibility index (Phi) is 4.40. The summed E-state index contributed by atoms with van der Waals surface area (Å²) in [6.45, 7) is 9.51. The van der Waals surface area contributed by atoms with Crippen molar-refractivity contribution >= 4 is 88.3 Å². The quantitative estimate of drug-likeness (QED) is 0.157. The summed E-state index contributed by atoms with van der Waals surface area (Å²) >= 11 is 0. The van der Waals surface area contributed by atoms with Gasteiger partial charge in [0, 0.05) is 32.4 Å². The standard InChI is InChI=1S/C50H32N6/c1-49(2)31-15-7-5-13-25(31)27-21-29-39(23-33(27)49)55-45-41(29)43-46-42(44(45)53-37-19-11-9-17-35(37)51-47(53)55)30-22-28-26-14-6-8-16-32(26)50(3,4)34(28)24-40(30)56(46)48-52-36-18-10-12-20-38(36)54(43)48/h5-24H,1-4H3. The summed E-state index contributed by atoms with van der Waals surface area (Å²) in [7, 11) is 0. The van der Waals surface area contributed by atoms with Crippen LogP contribution in [0.1, 0.15) is 49.9 Å². The number of hydrogen-bond acceptors (Lipinski definition) is 2. The molecule has 0 amide bonds. The molecule has 0 bridgehead atoms. The highest BCUT2D eigenvalue weighted by atomic mass is 15.2. The van der Waals surface area contributed by atoms with E-state index in [2.05, 4.69) is 167 Å². The molecule has 7 aromatic carbocycles. The Morgan fingerprint density at radius 3 is 1.20 bits per heavy atom. The second kappa shape index (κ2) is 8.64. The average Bonchev–Trinajstić information content (AvgIpc) is 4.07. The number of hydrogen-bond donors (Lipinski definition) is 0. The summed E-state index contributed by atoms with van der Waals surface area (Å²) in [4.78, 5) is 10.9. The van der Waals surface area contributed by atoms with Crippen molar-refractivity contribution in [1.29, 1.82) is 0 Å². The van der Waals surface area contributed by atoms with Gasteiger partial charge in [-0.3, -0.25) is 17.6 Å². The highest BCUT2D eigenvalue weighted by Crippen LogP contribution is 2.56. The Balaban J connectivity index is 1.28. The van der Waals surface area contributed by atoms with Crippen LogP contribution in [0.25, 0.3) is 111 Å². The zero-order valence-corrected chi connectivity index (χ0v) is 31.2. The van der Waals surface area contributed by atoms with Crippen LogP contribution in [-0.4, -0.2) is 27.6 Å². The minimum Gasteiger partial charge on any atom is -0.277 e. The molecule has 0 spiro atoms. The fourth-order valence-corrected chi connectivity index (χ4v) is 11.7. The molecule has 56 heavy (non-hydrogen) atoms. The molecule has 0 radical (unpaired) electrons. The van der Waals surface area contributed by atoms with Gasteiger partial charge in [-0.2, -0.15) is 0 Å². The van der Waals surface area contributed by atoms with Gasteiger partial charge in [-0.15, -0.1) is 0 Å². The monoisotopic (exact) mass is 716 g/mol. The van der Waals surface area contributed by atoms with Crippen LogP contribution in [0, 0.1) is 0 Å². The Labute approximate surface area is 319 Å². The van der Waals surface area contributed by atoms with E-state index in [9.17, 15) is 0 Å². The molecule has 2 aliphatic carbocycles. The highest BCUT2D eigenvalue weighted by Gasteiger charge is 2.40. The van der Waals surface area contributed by atoms with Gasteiger partial charge in [0.15, 0.2) is 0 Å². The molecule has 6 aromatic heterocycles. The summed E-state index contributed by atoms with van der Waals surface area (Å²) in [5, 5.41) is 5.02. The van der Waals surface area contributed by atoms with E-state index in [1.54, 1.807) is 0 Å². The van der Waals surface area contributed by atoms with Gasteiger partial charge >= 0.3 is 0 Å². The van der Waals surface area contributed by atoms with Crippen LogP contribution in [0.15, 0.2) is 121 Å². The van der Waals surface area contributed by atoms with E-state index in [4.69, 9.17) is 9.97 Å². The van der Waals surface area contributed by atoms with E-state index < -0.39 is 0 Å². The molecule has 2 aliphatic rings. The maximum absolute atomic E-state index is 5.46. The molecule has 0 unspecified atom stereocenters. The molecule has 0 saturated heterocycles. The third-order valence-corrected chi connectivity index (χ3v) is 14.2. The normalized spacial score (nSPS) is 15.8. The SMILES string of the molecule is CC1(C)c2ccccc2-c2cc3c4c5c6c(c7cc8c(cc7n6c6nc7ccccc7n56)C(C)(C)c5ccccc5-8)c5c4n(c3cc21)c1nc2ccccc2n51. The topological polar surface area (TPSA) is 43.4 Å². The van der Waals surface area contributed by atoms with Gasteiger partial charge < -0.3 is 0 Å². The van der Waals surface area contributed by atoms with Gasteiger partial charge in [-0.25, -0.2) is 9.97 Å². The van der Waals surface area contributed by atoms with Crippen molar-refractivity contribution in [2.75, 3.05) is 0 Å². The minimum absolute atomic E-state index is 0.134. The summed E-state index contributed by atoms with van der Waals surface area (Å²) in [5.74, 6) is 1.91. The number of imidazole rings is 4. The molecule has 0 aliphatic heterocycles. The molecule has 0 fully saturated rings. The lowest BCUT2D eigenvalue weighted by atomic mass is 9.82. The van der Waals surface area contributed by atoms with Crippen molar-refractivity contribution in [3.8, 4) is 22.3 Å². The van der Waals surface area contributed by atoms with Crippen molar-refractivity contribution in [3.05, 3.63) is 144 Å². The van der Waals surface area contributed by atoms with Gasteiger partial charge in [0.1, 0.15) is 0 Å². The van der Waals surface area contributed by atoms with E-state index in [0.717, 1.165) is 33.6 Å². The Morgan fingerprint density at radius 2 is 0.750 bits per heavy atom. The smallest absolute Gasteiger partial charge is 0.220 e. The van der Waals surface area contributed by atoms with Crippen LogP contribution < -0.4 is 0 Å². The summed E-state index contributed by atoms with van der Waals surface area (Å²) in [6, 6.07) is 45.2. The number of benzene rings is 7. The highest BCUT2D eigenvalue weighted by molar-refractivity contribution is 6.37. The van der Waals surface area contributed by atoms with Crippen molar-refractivity contribution in [3.63, 3.8) is 0 Å².